The van der Waals surface area contributed by atoms with Crippen molar-refractivity contribution in [1.29, 1.82) is 0 Å². The van der Waals surface area contributed by atoms with Gasteiger partial charge >= 0.3 is 0 Å². The fraction of sp³-hybridized carbons (Fsp3) is 0.125. The van der Waals surface area contributed by atoms with Crippen LogP contribution in [0.15, 0.2) is 48.7 Å². The number of nitrogens with zero attached hydrogens (tertiary/aromatic N) is 2. The number of aromatic amines is 2. The quantitative estimate of drug-likeness (QED) is 0.602. The van der Waals surface area contributed by atoms with Gasteiger partial charge in [0.05, 0.1) is 23.2 Å². The van der Waals surface area contributed by atoms with Crippen LogP contribution in [0.4, 0.5) is 0 Å². The smallest absolute Gasteiger partial charge is 0.155 e. The number of aromatic nitrogens is 4. The SMILES string of the molecule is c1ccc(COCc2nc3cc4c[nH][nH]c4cc3n2)cc1. The molecule has 0 amide bonds. The molecule has 0 fully saturated rings. The van der Waals surface area contributed by atoms with E-state index in [1.807, 2.05) is 48.7 Å². The summed E-state index contributed by atoms with van der Waals surface area (Å²) in [6.45, 7) is 0.991. The minimum Gasteiger partial charge on any atom is -0.369 e. The van der Waals surface area contributed by atoms with E-state index in [1.165, 1.54) is 0 Å². The largest absolute Gasteiger partial charge is 0.369 e. The van der Waals surface area contributed by atoms with Gasteiger partial charge in [-0.15, -0.1) is 0 Å². The lowest BCUT2D eigenvalue weighted by atomic mass is 10.2. The van der Waals surface area contributed by atoms with E-state index in [4.69, 9.17) is 4.74 Å². The van der Waals surface area contributed by atoms with Gasteiger partial charge in [0.25, 0.3) is 0 Å². The van der Waals surface area contributed by atoms with Crippen LogP contribution in [0.3, 0.4) is 0 Å². The first-order valence-corrected chi connectivity index (χ1v) is 6.82. The number of hydrogen-bond donors (Lipinski definition) is 2. The van der Waals surface area contributed by atoms with Crippen LogP contribution in [0, 0.1) is 0 Å². The van der Waals surface area contributed by atoms with Crippen molar-refractivity contribution < 1.29 is 4.74 Å². The molecule has 0 saturated heterocycles. The van der Waals surface area contributed by atoms with E-state index in [0.717, 1.165) is 33.3 Å². The molecule has 0 unspecified atom stereocenters. The maximum absolute atomic E-state index is 5.68. The van der Waals surface area contributed by atoms with Crippen LogP contribution in [0.1, 0.15) is 11.4 Å². The fourth-order valence-corrected chi connectivity index (χ4v) is 2.39. The summed E-state index contributed by atoms with van der Waals surface area (Å²) in [5.41, 5.74) is 3.96. The average molecular weight is 278 g/mol. The molecule has 2 N–H and O–H groups in total. The maximum atomic E-state index is 5.68. The standard InChI is InChI=1S/C16H14N4O/c1-2-4-11(5-3-1)9-21-10-16-18-14-6-12-8-17-20-13(12)7-15(14)19-16/h1-8,17,20H,9-10H2. The molecule has 0 bridgehead atoms. The molecule has 0 aliphatic rings. The second-order valence-electron chi connectivity index (χ2n) is 4.96. The summed E-state index contributed by atoms with van der Waals surface area (Å²) in [4.78, 5) is 9.01. The molecule has 2 heterocycles. The molecule has 2 aromatic heterocycles. The fourth-order valence-electron chi connectivity index (χ4n) is 2.39. The molecule has 0 aliphatic carbocycles. The lowest BCUT2D eigenvalue weighted by molar-refractivity contribution is 0.102. The van der Waals surface area contributed by atoms with Gasteiger partial charge in [-0.2, -0.15) is 0 Å². The zero-order chi connectivity index (χ0) is 14.1. The Morgan fingerprint density at radius 2 is 1.76 bits per heavy atom. The van der Waals surface area contributed by atoms with Gasteiger partial charge in [-0.1, -0.05) is 30.3 Å². The molecular weight excluding hydrogens is 264 g/mol. The van der Waals surface area contributed by atoms with Crippen molar-refractivity contribution in [2.75, 3.05) is 0 Å². The first-order valence-electron chi connectivity index (χ1n) is 6.82. The van der Waals surface area contributed by atoms with Crippen LogP contribution in [0.5, 0.6) is 0 Å². The lowest BCUT2D eigenvalue weighted by Gasteiger charge is -2.01. The number of H-pyrrole nitrogens is 2. The Morgan fingerprint density at radius 3 is 2.62 bits per heavy atom. The van der Waals surface area contributed by atoms with Crippen LogP contribution < -0.4 is 0 Å². The lowest BCUT2D eigenvalue weighted by Crippen LogP contribution is -1.95. The van der Waals surface area contributed by atoms with Crippen LogP contribution in [-0.4, -0.2) is 20.2 Å². The van der Waals surface area contributed by atoms with Gasteiger partial charge in [0.1, 0.15) is 6.61 Å². The topological polar surface area (TPSA) is 66.6 Å². The summed E-state index contributed by atoms with van der Waals surface area (Å²) in [5, 5.41) is 7.12. The number of rotatable bonds is 4. The molecular formula is C16H14N4O. The Bertz CT molecular complexity index is 831. The highest BCUT2D eigenvalue weighted by Gasteiger charge is 2.07. The van der Waals surface area contributed by atoms with Gasteiger partial charge in [-0.3, -0.25) is 0 Å². The molecule has 0 aliphatic heterocycles. The third kappa shape index (κ3) is 2.39. The number of ether oxygens (including phenoxy) is 1. The summed E-state index contributed by atoms with van der Waals surface area (Å²) in [7, 11) is 0. The van der Waals surface area contributed by atoms with Gasteiger partial charge in [0.2, 0.25) is 0 Å². The Labute approximate surface area is 121 Å². The summed E-state index contributed by atoms with van der Waals surface area (Å²) >= 11 is 0. The minimum absolute atomic E-state index is 0.420. The van der Waals surface area contributed by atoms with Crippen LogP contribution >= 0.6 is 0 Å². The summed E-state index contributed by atoms with van der Waals surface area (Å²) in [6.07, 6.45) is 1.91. The van der Waals surface area contributed by atoms with E-state index in [9.17, 15) is 0 Å². The van der Waals surface area contributed by atoms with E-state index in [1.54, 1.807) is 0 Å². The summed E-state index contributed by atoms with van der Waals surface area (Å²) < 4.78 is 5.68. The molecule has 0 saturated carbocycles. The Morgan fingerprint density at radius 1 is 0.952 bits per heavy atom. The third-order valence-electron chi connectivity index (χ3n) is 3.42. The van der Waals surface area contributed by atoms with Gasteiger partial charge in [0, 0.05) is 11.6 Å². The van der Waals surface area contributed by atoms with E-state index in [-0.39, 0.29) is 0 Å². The Balaban J connectivity index is 1.51. The number of imidazole rings is 1. The number of fused-ring (bicyclic) bond motifs is 2. The van der Waals surface area contributed by atoms with Crippen molar-refractivity contribution in [2.45, 2.75) is 13.2 Å². The summed E-state index contributed by atoms with van der Waals surface area (Å²) in [5.74, 6) is 0.720. The van der Waals surface area contributed by atoms with E-state index in [2.05, 4.69) is 20.2 Å². The summed E-state index contributed by atoms with van der Waals surface area (Å²) in [6, 6.07) is 14.1. The first kappa shape index (κ1) is 12.1. The van der Waals surface area contributed by atoms with Crippen molar-refractivity contribution in [3.63, 3.8) is 0 Å². The van der Waals surface area contributed by atoms with E-state index in [0.29, 0.717) is 13.2 Å². The van der Waals surface area contributed by atoms with Crippen molar-refractivity contribution in [3.05, 3.63) is 60.0 Å². The number of hydrogen-bond acceptors (Lipinski definition) is 3. The highest BCUT2D eigenvalue weighted by Crippen LogP contribution is 2.19. The highest BCUT2D eigenvalue weighted by molar-refractivity contribution is 5.92. The van der Waals surface area contributed by atoms with E-state index < -0.39 is 0 Å². The van der Waals surface area contributed by atoms with Crippen LogP contribution in [-0.2, 0) is 18.0 Å². The van der Waals surface area contributed by atoms with Crippen LogP contribution in [0.25, 0.3) is 21.9 Å². The zero-order valence-corrected chi connectivity index (χ0v) is 11.3. The predicted molar refractivity (Wildman–Crippen MR) is 80.7 cm³/mol. The van der Waals surface area contributed by atoms with Crippen molar-refractivity contribution in [2.24, 2.45) is 0 Å². The molecule has 0 radical (unpaired) electrons. The molecule has 2 aromatic carbocycles. The maximum Gasteiger partial charge on any atom is 0.155 e. The number of nitrogens with one attached hydrogen (secondary N) is 2. The molecule has 5 nitrogen and oxygen atoms in total. The van der Waals surface area contributed by atoms with Crippen molar-refractivity contribution in [1.82, 2.24) is 20.2 Å². The molecule has 0 atom stereocenters. The molecule has 4 rings (SSSR count). The molecule has 104 valence electrons. The van der Waals surface area contributed by atoms with Crippen LogP contribution in [0.2, 0.25) is 0 Å². The molecule has 0 spiro atoms. The average Bonchev–Trinajstić information content (AvgIpc) is 3.11. The molecule has 4 aromatic rings. The van der Waals surface area contributed by atoms with Crippen molar-refractivity contribution >= 4 is 21.9 Å². The normalized spacial score (nSPS) is 11.4. The highest BCUT2D eigenvalue weighted by atomic mass is 16.5. The van der Waals surface area contributed by atoms with Gasteiger partial charge < -0.3 is 14.9 Å². The predicted octanol–water partition coefficient (Wildman–Crippen LogP) is 3.16. The van der Waals surface area contributed by atoms with Gasteiger partial charge in [-0.25, -0.2) is 9.97 Å². The van der Waals surface area contributed by atoms with E-state index >= 15 is 0 Å². The van der Waals surface area contributed by atoms with Crippen molar-refractivity contribution in [3.8, 4) is 0 Å². The zero-order valence-electron chi connectivity index (χ0n) is 11.3. The van der Waals surface area contributed by atoms with Gasteiger partial charge in [0.15, 0.2) is 5.82 Å². The third-order valence-corrected chi connectivity index (χ3v) is 3.42. The first-order chi connectivity index (χ1) is 10.4. The minimum atomic E-state index is 0.420. The second kappa shape index (κ2) is 5.03. The second-order valence-corrected chi connectivity index (χ2v) is 4.96. The monoisotopic (exact) mass is 278 g/mol. The Hall–Kier alpha value is -2.66. The molecule has 5 heteroatoms. The van der Waals surface area contributed by atoms with Gasteiger partial charge in [-0.05, 0) is 17.7 Å². The molecule has 21 heavy (non-hydrogen) atoms. The Kier molecular flexibility index (Phi) is 2.90. The number of benzene rings is 2.